The first kappa shape index (κ1) is 45.2. The van der Waals surface area contributed by atoms with Crippen LogP contribution in [0, 0.1) is 0 Å². The topological polar surface area (TPSA) is 86.2 Å². The van der Waals surface area contributed by atoms with Gasteiger partial charge in [0.05, 0.1) is 50.1 Å². The molecule has 0 aliphatic heterocycles. The largest absolute Gasteiger partial charge is 0.364 e. The number of benzene rings is 11. The fourth-order valence-corrected chi connectivity index (χ4v) is 14.1. The summed E-state index contributed by atoms with van der Waals surface area (Å²) in [6, 6.07) is 93.1. The summed E-state index contributed by atoms with van der Waals surface area (Å²) in [5, 5.41) is 19.3. The Hall–Kier alpha value is -11.6. The van der Waals surface area contributed by atoms with E-state index in [1.165, 1.54) is 10.8 Å². The molecule has 0 bridgehead atoms. The average Bonchev–Trinajstić information content (AvgIpc) is 2.62. The molecule has 0 N–H and O–H groups in total. The van der Waals surface area contributed by atoms with E-state index in [0.29, 0.717) is 24.5 Å². The lowest BCUT2D eigenvalue weighted by Crippen LogP contribution is -2.44. The summed E-state index contributed by atoms with van der Waals surface area (Å²) in [7, 11) is 0. The number of hydrogen-bond donors (Lipinski definition) is 0. The Kier molecular flexibility index (Phi) is 9.14. The van der Waals surface area contributed by atoms with Gasteiger partial charge in [-0.1, -0.05) is 200 Å². The molecule has 0 saturated carbocycles. The summed E-state index contributed by atoms with van der Waals surface area (Å²) in [4.78, 5) is 17.3. The molecule has 0 fully saturated rings. The molecule has 0 radical (unpaired) electrons. The average molecular weight is 1080 g/mol. The molecule has 0 aliphatic rings. The van der Waals surface area contributed by atoms with Crippen molar-refractivity contribution >= 4 is 131 Å². The zero-order chi connectivity index (χ0) is 54.7. The number of aromatic nitrogens is 11. The van der Waals surface area contributed by atoms with Crippen molar-refractivity contribution in [3.63, 3.8) is 0 Å². The van der Waals surface area contributed by atoms with Crippen molar-refractivity contribution in [1.82, 2.24) is 47.5 Å². The highest BCUT2D eigenvalue weighted by atomic mass is 15.5. The van der Waals surface area contributed by atoms with Gasteiger partial charge in [0, 0.05) is 70.8 Å². The summed E-state index contributed by atoms with van der Waals surface area (Å²) in [5.74, 6) is 3.32. The molecule has 11 aromatic carbocycles. The lowest BCUT2D eigenvalue weighted by Gasteiger charge is -2.15. The molecule has 0 saturated heterocycles. The highest BCUT2D eigenvalue weighted by Gasteiger charge is 2.27. The molecule has 0 amide bonds. The third kappa shape index (κ3) is 6.13. The summed E-state index contributed by atoms with van der Waals surface area (Å²) < 4.78 is 15.9. The van der Waals surface area contributed by atoms with Crippen LogP contribution in [-0.4, -0.2) is 42.4 Å². The fourth-order valence-electron chi connectivity index (χ4n) is 14.1. The minimum Gasteiger partial charge on any atom is -0.364 e. The van der Waals surface area contributed by atoms with Crippen LogP contribution in [0.3, 0.4) is 0 Å². The minimum absolute atomic E-state index is 0.404. The quantitative estimate of drug-likeness (QED) is 0.149. The molecular weight excluding hydrogens is 1030 g/mol. The molecule has 19 rings (SSSR count). The van der Waals surface area contributed by atoms with E-state index < -0.39 is 0 Å². The van der Waals surface area contributed by atoms with Gasteiger partial charge in [-0.25, -0.2) is 14.3 Å². The van der Waals surface area contributed by atoms with Gasteiger partial charge in [-0.2, -0.15) is 9.97 Å². The Morgan fingerprint density at radius 2 is 0.619 bits per heavy atom. The third-order valence-corrected chi connectivity index (χ3v) is 17.6. The maximum atomic E-state index is 5.77. The van der Waals surface area contributed by atoms with E-state index in [1.54, 1.807) is 0 Å². The van der Waals surface area contributed by atoms with Crippen LogP contribution in [0.1, 0.15) is 0 Å². The Balaban J connectivity index is 0.917. The second kappa shape index (κ2) is 17.0. The molecule has 84 heavy (non-hydrogen) atoms. The summed E-state index contributed by atoms with van der Waals surface area (Å²) in [5.41, 5.74) is 12.5. The molecular formula is C73H45N11. The normalized spacial score (nSPS) is 12.3. The first-order valence-corrected chi connectivity index (χ1v) is 28.4. The molecule has 0 spiro atoms. The van der Waals surface area contributed by atoms with E-state index in [9.17, 15) is 0 Å². The van der Waals surface area contributed by atoms with Gasteiger partial charge in [0.1, 0.15) is 22.7 Å². The van der Waals surface area contributed by atoms with Gasteiger partial charge in [0.25, 0.3) is 5.95 Å². The van der Waals surface area contributed by atoms with Gasteiger partial charge in [0.15, 0.2) is 6.67 Å². The Morgan fingerprint density at radius 1 is 0.286 bits per heavy atom. The van der Waals surface area contributed by atoms with Gasteiger partial charge in [-0.05, 0) is 65.5 Å². The van der Waals surface area contributed by atoms with Crippen LogP contribution in [0.4, 0.5) is 0 Å². The lowest BCUT2D eigenvalue weighted by atomic mass is 10.1. The second-order valence-electron chi connectivity index (χ2n) is 21.9. The second-order valence-corrected chi connectivity index (χ2v) is 21.9. The summed E-state index contributed by atoms with van der Waals surface area (Å²) >= 11 is 0. The Labute approximate surface area is 477 Å². The third-order valence-electron chi connectivity index (χ3n) is 17.6. The van der Waals surface area contributed by atoms with Gasteiger partial charge in [0.2, 0.25) is 5.95 Å². The predicted molar refractivity (Wildman–Crippen MR) is 340 cm³/mol. The Morgan fingerprint density at radius 3 is 1.05 bits per heavy atom. The molecule has 8 heterocycles. The van der Waals surface area contributed by atoms with E-state index in [4.69, 9.17) is 20.1 Å². The van der Waals surface area contributed by atoms with Crippen LogP contribution >= 0.6 is 0 Å². The van der Waals surface area contributed by atoms with Crippen molar-refractivity contribution in [2.75, 3.05) is 0 Å². The minimum atomic E-state index is 0.404. The van der Waals surface area contributed by atoms with Crippen molar-refractivity contribution in [3.8, 4) is 29.5 Å². The molecule has 11 heteroatoms. The molecule has 11 nitrogen and oxygen atoms in total. The van der Waals surface area contributed by atoms with Crippen LogP contribution < -0.4 is 9.78 Å². The number of rotatable bonds is 7. The van der Waals surface area contributed by atoms with E-state index in [2.05, 4.69) is 293 Å². The molecule has 0 aliphatic carbocycles. The number of fused-ring (bicyclic) bond motifs is 19. The van der Waals surface area contributed by atoms with Crippen LogP contribution in [-0.2, 0) is 6.67 Å². The van der Waals surface area contributed by atoms with Crippen molar-refractivity contribution in [2.45, 2.75) is 6.67 Å². The van der Waals surface area contributed by atoms with E-state index >= 15 is 0 Å². The predicted octanol–water partition coefficient (Wildman–Crippen LogP) is 16.2. The smallest absolute Gasteiger partial charge is 0.271 e. The van der Waals surface area contributed by atoms with Crippen LogP contribution in [0.25, 0.3) is 160 Å². The molecule has 19 aromatic rings. The number of hydrogen-bond acceptors (Lipinski definition) is 3. The van der Waals surface area contributed by atoms with E-state index in [0.717, 1.165) is 132 Å². The maximum absolute atomic E-state index is 5.77. The first-order chi connectivity index (χ1) is 41.7. The SMILES string of the molecule is c1ccc2c(c1)c1ccccc1n2C[n+]1[n-]c(-n2c3ccccc3c3c2ccc2c4ccccc4n(-c4nc(-n5c6ccccc6c6ccccc65)cc(-n5c6ccccc6c6ccccc65)n4)c23)nc1-n1c2ccccc2c2ccccc21. The highest BCUT2D eigenvalue weighted by Crippen LogP contribution is 2.43. The standard InChI is InChI=1S/C73H45N11/c1-11-31-56-45(21-1)46-22-2-12-32-57(46)78(56)44-79-73(83-62-37-17-7-27-51(62)52-28-8-18-38-63(52)83)76-72(77-79)82-65-40-20-10-30-55(65)69-66(82)42-41-54-53-29-9-19-39-64(53)84(70(54)69)71-74-67(80-58-33-13-3-23-47(58)48-24-4-14-34-59(48)80)43-68(75-71)81-60-35-15-5-25-49(60)50-26-6-16-36-61(50)81/h1-43H,44H2. The van der Waals surface area contributed by atoms with Crippen molar-refractivity contribution in [2.24, 2.45) is 0 Å². The zero-order valence-electron chi connectivity index (χ0n) is 45.0. The van der Waals surface area contributed by atoms with Gasteiger partial charge < -0.3 is 9.13 Å². The van der Waals surface area contributed by atoms with Gasteiger partial charge in [-0.3, -0.25) is 18.7 Å². The summed E-state index contributed by atoms with van der Waals surface area (Å²) in [6.45, 7) is 0.404. The van der Waals surface area contributed by atoms with Crippen molar-refractivity contribution < 1.29 is 4.68 Å². The molecule has 392 valence electrons. The first-order valence-electron chi connectivity index (χ1n) is 28.4. The van der Waals surface area contributed by atoms with E-state index in [1.807, 2.05) is 0 Å². The lowest BCUT2D eigenvalue weighted by molar-refractivity contribution is -0.752. The monoisotopic (exact) mass is 1080 g/mol. The maximum Gasteiger partial charge on any atom is 0.271 e. The number of nitrogens with zero attached hydrogens (tertiary/aromatic N) is 11. The summed E-state index contributed by atoms with van der Waals surface area (Å²) in [6.07, 6.45) is 0. The molecule has 8 aromatic heterocycles. The van der Waals surface area contributed by atoms with Crippen molar-refractivity contribution in [1.29, 1.82) is 0 Å². The zero-order valence-corrected chi connectivity index (χ0v) is 45.0. The Bertz CT molecular complexity index is 5650. The highest BCUT2D eigenvalue weighted by molar-refractivity contribution is 6.26. The van der Waals surface area contributed by atoms with E-state index in [-0.39, 0.29) is 0 Å². The molecule has 0 atom stereocenters. The molecule has 0 unspecified atom stereocenters. The van der Waals surface area contributed by atoms with Gasteiger partial charge in [-0.15, -0.1) is 0 Å². The fraction of sp³-hybridized carbons (Fsp3) is 0.0137. The van der Waals surface area contributed by atoms with Gasteiger partial charge >= 0.3 is 0 Å². The van der Waals surface area contributed by atoms with Crippen LogP contribution in [0.2, 0.25) is 0 Å². The van der Waals surface area contributed by atoms with Crippen molar-refractivity contribution in [3.05, 3.63) is 261 Å². The van der Waals surface area contributed by atoms with Crippen LogP contribution in [0.5, 0.6) is 0 Å². The van der Waals surface area contributed by atoms with Crippen LogP contribution in [0.15, 0.2) is 261 Å². The number of para-hydroxylation sites is 10.